The largest absolute Gasteiger partial charge is 0.385 e. The standard InChI is InChI=1S/C36H45N9O4/c1-37-28-24-32(42-44-20-19-39-33(28)44)41-27-14-10-13-26(23-27)34(47)40-18-9-7-5-4-6-8-12-25-16-17-29-31(22-25)43(3)36(49)45(29)30(15-11-21-46)35(48)38-2/h10,13-14,16-17,19-24,30,37H,4-9,11-12,15,18H2,1-3H3,(H,38,48)(H,40,47)(H,41,42). The lowest BCUT2D eigenvalue weighted by atomic mass is 10.0. The number of nitrogens with one attached hydrogen (secondary N) is 4. The van der Waals surface area contributed by atoms with Crippen molar-refractivity contribution in [2.45, 2.75) is 63.8 Å². The summed E-state index contributed by atoms with van der Waals surface area (Å²) in [4.78, 5) is 53.7. The van der Waals surface area contributed by atoms with Crippen molar-refractivity contribution >= 4 is 52.0 Å². The maximum absolute atomic E-state index is 13.1. The topological polar surface area (TPSA) is 156 Å². The van der Waals surface area contributed by atoms with Gasteiger partial charge in [-0.05, 0) is 61.6 Å². The minimum atomic E-state index is -0.737. The van der Waals surface area contributed by atoms with Crippen LogP contribution < -0.4 is 27.0 Å². The molecule has 3 aromatic heterocycles. The molecule has 13 nitrogen and oxygen atoms in total. The Morgan fingerprint density at radius 1 is 0.959 bits per heavy atom. The lowest BCUT2D eigenvalue weighted by Crippen LogP contribution is -2.36. The van der Waals surface area contributed by atoms with E-state index in [4.69, 9.17) is 0 Å². The van der Waals surface area contributed by atoms with Crippen molar-refractivity contribution in [3.63, 3.8) is 0 Å². The summed E-state index contributed by atoms with van der Waals surface area (Å²) < 4.78 is 4.77. The maximum Gasteiger partial charge on any atom is 0.329 e. The van der Waals surface area contributed by atoms with E-state index in [1.165, 1.54) is 11.6 Å². The third-order valence-corrected chi connectivity index (χ3v) is 8.78. The molecule has 1 atom stereocenters. The van der Waals surface area contributed by atoms with Gasteiger partial charge in [-0.1, -0.05) is 37.8 Å². The van der Waals surface area contributed by atoms with E-state index in [9.17, 15) is 19.2 Å². The first-order valence-corrected chi connectivity index (χ1v) is 16.9. The molecule has 5 rings (SSSR count). The van der Waals surface area contributed by atoms with Crippen molar-refractivity contribution < 1.29 is 14.4 Å². The number of imidazole rings is 2. The van der Waals surface area contributed by atoms with E-state index in [1.807, 2.05) is 49.5 Å². The summed E-state index contributed by atoms with van der Waals surface area (Å²) in [6, 6.07) is 14.5. The third-order valence-electron chi connectivity index (χ3n) is 8.78. The highest BCUT2D eigenvalue weighted by Crippen LogP contribution is 2.24. The second-order valence-corrected chi connectivity index (χ2v) is 12.1. The summed E-state index contributed by atoms with van der Waals surface area (Å²) in [6.45, 7) is 0.620. The van der Waals surface area contributed by atoms with E-state index < -0.39 is 6.04 Å². The average molecular weight is 668 g/mol. The highest BCUT2D eigenvalue weighted by atomic mass is 16.2. The Hall–Kier alpha value is -5.46. The van der Waals surface area contributed by atoms with Gasteiger partial charge in [0.15, 0.2) is 11.5 Å². The predicted octanol–water partition coefficient (Wildman–Crippen LogP) is 4.75. The van der Waals surface area contributed by atoms with Crippen LogP contribution in [0.5, 0.6) is 0 Å². The van der Waals surface area contributed by atoms with Gasteiger partial charge in [-0.15, -0.1) is 5.10 Å². The summed E-state index contributed by atoms with van der Waals surface area (Å²) in [7, 11) is 5.08. The van der Waals surface area contributed by atoms with Gasteiger partial charge < -0.3 is 26.1 Å². The number of hydrogen-bond acceptors (Lipinski definition) is 8. The minimum absolute atomic E-state index is 0.104. The Bertz CT molecular complexity index is 1980. The van der Waals surface area contributed by atoms with E-state index in [0.29, 0.717) is 23.4 Å². The fourth-order valence-corrected chi connectivity index (χ4v) is 6.15. The Balaban J connectivity index is 1.02. The summed E-state index contributed by atoms with van der Waals surface area (Å²) >= 11 is 0. The number of carbonyl (C=O) groups is 3. The van der Waals surface area contributed by atoms with Crippen molar-refractivity contribution in [1.82, 2.24) is 34.4 Å². The lowest BCUT2D eigenvalue weighted by molar-refractivity contribution is -0.124. The fraction of sp³-hybridized carbons (Fsp3) is 0.389. The number of benzene rings is 2. The number of aromatic nitrogens is 5. The van der Waals surface area contributed by atoms with Crippen LogP contribution in [0.4, 0.5) is 17.2 Å². The molecule has 2 aromatic carbocycles. The number of anilines is 3. The van der Waals surface area contributed by atoms with Crippen LogP contribution in [-0.2, 0) is 23.1 Å². The van der Waals surface area contributed by atoms with Gasteiger partial charge in [0.05, 0.1) is 16.7 Å². The third kappa shape index (κ3) is 8.34. The molecule has 0 radical (unpaired) electrons. The fourth-order valence-electron chi connectivity index (χ4n) is 6.15. The predicted molar refractivity (Wildman–Crippen MR) is 192 cm³/mol. The number of aldehydes is 1. The van der Waals surface area contributed by atoms with Crippen molar-refractivity contribution in [2.24, 2.45) is 7.05 Å². The maximum atomic E-state index is 13.1. The van der Waals surface area contributed by atoms with Gasteiger partial charge in [-0.25, -0.2) is 14.3 Å². The van der Waals surface area contributed by atoms with E-state index in [-0.39, 0.29) is 30.3 Å². The number of nitrogens with zero attached hydrogens (tertiary/aromatic N) is 5. The first-order valence-electron chi connectivity index (χ1n) is 16.9. The van der Waals surface area contributed by atoms with E-state index >= 15 is 0 Å². The molecule has 13 heteroatoms. The first kappa shape index (κ1) is 34.9. The van der Waals surface area contributed by atoms with Gasteiger partial charge in [0.2, 0.25) is 5.91 Å². The number of fused-ring (bicyclic) bond motifs is 2. The molecule has 1 unspecified atom stereocenters. The number of rotatable bonds is 18. The summed E-state index contributed by atoms with van der Waals surface area (Å²) in [5, 5.41) is 16.6. The SMILES string of the molecule is CNC(=O)C(CCC=O)n1c(=O)n(C)c2cc(CCCCCCCCNC(=O)c3cccc(Nc4cc(NC)c5nccn5n4)c3)ccc21. The van der Waals surface area contributed by atoms with Crippen LogP contribution in [0, 0.1) is 0 Å². The van der Waals surface area contributed by atoms with Crippen LogP contribution >= 0.6 is 0 Å². The monoisotopic (exact) mass is 667 g/mol. The van der Waals surface area contributed by atoms with Crippen LogP contribution in [0.2, 0.25) is 0 Å². The second-order valence-electron chi connectivity index (χ2n) is 12.1. The summed E-state index contributed by atoms with van der Waals surface area (Å²) in [5.74, 6) is 0.243. The van der Waals surface area contributed by atoms with E-state index in [2.05, 4.69) is 31.3 Å². The molecule has 0 spiro atoms. The van der Waals surface area contributed by atoms with Crippen LogP contribution in [0.1, 0.15) is 73.3 Å². The van der Waals surface area contributed by atoms with Crippen LogP contribution in [0.25, 0.3) is 16.7 Å². The zero-order valence-electron chi connectivity index (χ0n) is 28.4. The Morgan fingerprint density at radius 3 is 2.53 bits per heavy atom. The van der Waals surface area contributed by atoms with Gasteiger partial charge in [-0.2, -0.15) is 0 Å². The van der Waals surface area contributed by atoms with Crippen LogP contribution in [0.15, 0.2) is 65.7 Å². The Morgan fingerprint density at radius 2 is 1.76 bits per heavy atom. The zero-order valence-corrected chi connectivity index (χ0v) is 28.4. The number of carbonyl (C=O) groups excluding carboxylic acids is 3. The molecule has 0 aliphatic rings. The van der Waals surface area contributed by atoms with Gasteiger partial charge >= 0.3 is 5.69 Å². The number of unbranched alkanes of at least 4 members (excludes halogenated alkanes) is 5. The molecule has 3 heterocycles. The van der Waals surface area contributed by atoms with Crippen molar-refractivity contribution in [1.29, 1.82) is 0 Å². The molecular formula is C36H45N9O4. The molecule has 2 amide bonds. The molecule has 0 bridgehead atoms. The smallest absolute Gasteiger partial charge is 0.329 e. The lowest BCUT2D eigenvalue weighted by Gasteiger charge is -2.16. The number of amides is 2. The molecule has 4 N–H and O–H groups in total. The minimum Gasteiger partial charge on any atom is -0.385 e. The average Bonchev–Trinajstić information content (AvgIpc) is 3.69. The van der Waals surface area contributed by atoms with Gasteiger partial charge in [-0.3, -0.25) is 18.7 Å². The molecule has 0 fully saturated rings. The van der Waals surface area contributed by atoms with E-state index in [0.717, 1.165) is 79.3 Å². The van der Waals surface area contributed by atoms with Crippen molar-refractivity contribution in [2.75, 3.05) is 31.3 Å². The quantitative estimate of drug-likeness (QED) is 0.0771. The Kier molecular flexibility index (Phi) is 11.8. The Labute approximate surface area is 285 Å². The van der Waals surface area contributed by atoms with Gasteiger partial charge in [0.1, 0.15) is 12.3 Å². The number of likely N-dealkylation sites (N-methyl/N-ethyl adjacent to an activating group) is 1. The highest BCUT2D eigenvalue weighted by Gasteiger charge is 2.25. The highest BCUT2D eigenvalue weighted by molar-refractivity contribution is 5.95. The molecule has 49 heavy (non-hydrogen) atoms. The number of aryl methyl sites for hydroxylation is 2. The normalized spacial score (nSPS) is 11.8. The second kappa shape index (κ2) is 16.6. The van der Waals surface area contributed by atoms with Gasteiger partial charge in [0.25, 0.3) is 5.91 Å². The molecule has 0 aliphatic carbocycles. The molecule has 0 saturated carbocycles. The van der Waals surface area contributed by atoms with Gasteiger partial charge in [0, 0.05) is 63.8 Å². The van der Waals surface area contributed by atoms with Crippen LogP contribution in [0.3, 0.4) is 0 Å². The molecular weight excluding hydrogens is 622 g/mol. The molecule has 0 saturated heterocycles. The summed E-state index contributed by atoms with van der Waals surface area (Å²) in [6.07, 6.45) is 11.9. The molecule has 5 aromatic rings. The van der Waals surface area contributed by atoms with Crippen molar-refractivity contribution in [3.05, 3.63) is 82.5 Å². The molecule has 0 aliphatic heterocycles. The van der Waals surface area contributed by atoms with E-state index in [1.54, 1.807) is 34.6 Å². The van der Waals surface area contributed by atoms with Crippen LogP contribution in [-0.4, -0.2) is 62.5 Å². The van der Waals surface area contributed by atoms with Crippen molar-refractivity contribution in [3.8, 4) is 0 Å². The first-order chi connectivity index (χ1) is 23.8. The summed E-state index contributed by atoms with van der Waals surface area (Å²) in [5.41, 5.74) is 5.28. The zero-order chi connectivity index (χ0) is 34.8. The number of hydrogen-bond donors (Lipinski definition) is 4. The molecule has 258 valence electrons.